The molecule has 1 aromatic rings. The SMILES string of the molecule is FC1(C#Cc2ccc(C(F)(F)F)cc2)CCNCC1.O=C(O)C(F)(F)F. The van der Waals surface area contributed by atoms with Gasteiger partial charge in [0.15, 0.2) is 5.67 Å². The number of halogens is 7. The Hall–Kier alpha value is -2.28. The molecule has 0 atom stereocenters. The lowest BCUT2D eigenvalue weighted by Gasteiger charge is -2.24. The van der Waals surface area contributed by atoms with Gasteiger partial charge in [0.25, 0.3) is 0 Å². The maximum absolute atomic E-state index is 14.1. The summed E-state index contributed by atoms with van der Waals surface area (Å²) < 4.78 is 82.9. The zero-order valence-electron chi connectivity index (χ0n) is 13.1. The normalized spacial score (nSPS) is 16.6. The number of hydrogen-bond acceptors (Lipinski definition) is 2. The second kappa shape index (κ2) is 8.40. The highest BCUT2D eigenvalue weighted by Gasteiger charge is 2.38. The molecule has 3 nitrogen and oxygen atoms in total. The maximum atomic E-state index is 14.1. The van der Waals surface area contributed by atoms with Crippen molar-refractivity contribution in [3.05, 3.63) is 35.4 Å². The number of nitrogens with one attached hydrogen (secondary N) is 1. The van der Waals surface area contributed by atoms with Crippen LogP contribution in [0.2, 0.25) is 0 Å². The monoisotopic (exact) mass is 385 g/mol. The number of carbonyl (C=O) groups is 1. The average molecular weight is 385 g/mol. The quantitative estimate of drug-likeness (QED) is 0.528. The van der Waals surface area contributed by atoms with Gasteiger partial charge in [-0.2, -0.15) is 26.3 Å². The van der Waals surface area contributed by atoms with Crippen molar-refractivity contribution in [1.82, 2.24) is 5.32 Å². The first-order chi connectivity index (χ1) is 11.8. The third kappa shape index (κ3) is 7.31. The first-order valence-corrected chi connectivity index (χ1v) is 7.24. The molecule has 0 unspecified atom stereocenters. The lowest BCUT2D eigenvalue weighted by Crippen LogP contribution is -2.37. The summed E-state index contributed by atoms with van der Waals surface area (Å²) in [5.74, 6) is 2.39. The van der Waals surface area contributed by atoms with Crippen LogP contribution in [0.4, 0.5) is 30.7 Å². The number of piperidine rings is 1. The van der Waals surface area contributed by atoms with Gasteiger partial charge < -0.3 is 10.4 Å². The van der Waals surface area contributed by atoms with Crippen molar-refractivity contribution in [2.45, 2.75) is 30.9 Å². The zero-order valence-corrected chi connectivity index (χ0v) is 13.1. The Labute approximate surface area is 144 Å². The van der Waals surface area contributed by atoms with Crippen LogP contribution in [0, 0.1) is 11.8 Å². The molecule has 0 bridgehead atoms. The molecule has 1 aliphatic heterocycles. The number of alkyl halides is 7. The van der Waals surface area contributed by atoms with E-state index < -0.39 is 29.6 Å². The molecule has 0 saturated carbocycles. The maximum Gasteiger partial charge on any atom is 0.490 e. The van der Waals surface area contributed by atoms with E-state index in [-0.39, 0.29) is 0 Å². The highest BCUT2D eigenvalue weighted by atomic mass is 19.4. The molecule has 1 fully saturated rings. The molecule has 0 spiro atoms. The Bertz CT molecular complexity index is 663. The minimum absolute atomic E-state index is 0.306. The van der Waals surface area contributed by atoms with Gasteiger partial charge in [-0.05, 0) is 37.4 Å². The average Bonchev–Trinajstić information content (AvgIpc) is 2.53. The molecule has 1 aromatic carbocycles. The van der Waals surface area contributed by atoms with Gasteiger partial charge in [-0.25, -0.2) is 9.18 Å². The van der Waals surface area contributed by atoms with Gasteiger partial charge in [0.2, 0.25) is 0 Å². The molecule has 10 heteroatoms. The number of benzene rings is 1. The lowest BCUT2D eigenvalue weighted by molar-refractivity contribution is -0.192. The van der Waals surface area contributed by atoms with Crippen LogP contribution >= 0.6 is 0 Å². The van der Waals surface area contributed by atoms with Crippen molar-refractivity contribution < 1.29 is 40.6 Å². The molecule has 1 saturated heterocycles. The summed E-state index contributed by atoms with van der Waals surface area (Å²) in [7, 11) is 0. The molecule has 0 aromatic heterocycles. The third-order valence-corrected chi connectivity index (χ3v) is 3.28. The summed E-state index contributed by atoms with van der Waals surface area (Å²) in [5, 5.41) is 10.2. The fourth-order valence-electron chi connectivity index (χ4n) is 1.87. The van der Waals surface area contributed by atoms with Gasteiger partial charge in [-0.3, -0.25) is 0 Å². The van der Waals surface area contributed by atoms with Crippen molar-refractivity contribution in [2.24, 2.45) is 0 Å². The van der Waals surface area contributed by atoms with Crippen molar-refractivity contribution in [2.75, 3.05) is 13.1 Å². The Morgan fingerprint density at radius 1 is 1.04 bits per heavy atom. The summed E-state index contributed by atoms with van der Waals surface area (Å²) in [6, 6.07) is 4.44. The number of aliphatic carboxylic acids is 1. The first-order valence-electron chi connectivity index (χ1n) is 7.24. The zero-order chi connectivity index (χ0) is 20.0. The van der Waals surface area contributed by atoms with Crippen LogP contribution < -0.4 is 5.32 Å². The molecule has 0 aliphatic carbocycles. The predicted octanol–water partition coefficient (Wildman–Crippen LogP) is 3.78. The number of carboxylic acids is 1. The van der Waals surface area contributed by atoms with Gasteiger partial charge >= 0.3 is 18.3 Å². The van der Waals surface area contributed by atoms with Crippen LogP contribution in [0.15, 0.2) is 24.3 Å². The predicted molar refractivity (Wildman–Crippen MR) is 78.0 cm³/mol. The van der Waals surface area contributed by atoms with Crippen LogP contribution in [0.3, 0.4) is 0 Å². The van der Waals surface area contributed by atoms with Crippen LogP contribution in [-0.2, 0) is 11.0 Å². The van der Waals surface area contributed by atoms with Crippen molar-refractivity contribution in [3.63, 3.8) is 0 Å². The highest BCUT2D eigenvalue weighted by Crippen LogP contribution is 2.29. The van der Waals surface area contributed by atoms with Gasteiger partial charge in [0.05, 0.1) is 5.56 Å². The third-order valence-electron chi connectivity index (χ3n) is 3.28. The summed E-state index contributed by atoms with van der Waals surface area (Å²) in [6.45, 7) is 1.14. The van der Waals surface area contributed by atoms with Crippen molar-refractivity contribution >= 4 is 5.97 Å². The second-order valence-electron chi connectivity index (χ2n) is 5.34. The second-order valence-corrected chi connectivity index (χ2v) is 5.34. The standard InChI is InChI=1S/C14H13F4N.C2HF3O2/c15-13(7-9-19-10-8-13)6-5-11-1-3-12(4-2-11)14(16,17)18;3-2(4,5)1(6)7/h1-4,19H,7-10H2;(H,6,7). The van der Waals surface area contributed by atoms with E-state index in [1.807, 2.05) is 0 Å². The van der Waals surface area contributed by atoms with Crippen LogP contribution in [0.5, 0.6) is 0 Å². The van der Waals surface area contributed by atoms with Crippen molar-refractivity contribution in [3.8, 4) is 11.8 Å². The molecular formula is C16H14F7NO2. The van der Waals surface area contributed by atoms with E-state index in [0.29, 0.717) is 31.5 Å². The molecule has 2 rings (SSSR count). The Morgan fingerprint density at radius 3 is 1.88 bits per heavy atom. The summed E-state index contributed by atoms with van der Waals surface area (Å²) in [6.07, 6.45) is -8.83. The van der Waals surface area contributed by atoms with Crippen LogP contribution in [0.1, 0.15) is 24.0 Å². The molecule has 0 radical (unpaired) electrons. The number of rotatable bonds is 0. The molecule has 144 valence electrons. The Balaban J connectivity index is 0.000000412. The number of carboxylic acid groups (broad SMARTS) is 1. The largest absolute Gasteiger partial charge is 0.490 e. The molecule has 2 N–H and O–H groups in total. The summed E-state index contributed by atoms with van der Waals surface area (Å²) in [4.78, 5) is 8.90. The fourth-order valence-corrected chi connectivity index (χ4v) is 1.87. The van der Waals surface area contributed by atoms with E-state index in [9.17, 15) is 30.7 Å². The lowest BCUT2D eigenvalue weighted by atomic mass is 9.95. The smallest absolute Gasteiger partial charge is 0.475 e. The van der Waals surface area contributed by atoms with E-state index in [1.165, 1.54) is 12.1 Å². The van der Waals surface area contributed by atoms with E-state index in [0.717, 1.165) is 12.1 Å². The number of hydrogen-bond donors (Lipinski definition) is 2. The Kier molecular flexibility index (Phi) is 7.03. The molecule has 1 aliphatic rings. The van der Waals surface area contributed by atoms with E-state index in [2.05, 4.69) is 17.2 Å². The van der Waals surface area contributed by atoms with Crippen molar-refractivity contribution in [1.29, 1.82) is 0 Å². The minimum Gasteiger partial charge on any atom is -0.475 e. The van der Waals surface area contributed by atoms with E-state index >= 15 is 0 Å². The minimum atomic E-state index is -5.08. The first kappa shape index (κ1) is 21.8. The van der Waals surface area contributed by atoms with Crippen LogP contribution in [-0.4, -0.2) is 36.0 Å². The molecular weight excluding hydrogens is 371 g/mol. The van der Waals surface area contributed by atoms with Gasteiger partial charge in [0.1, 0.15) is 0 Å². The van der Waals surface area contributed by atoms with Gasteiger partial charge in [-0.1, -0.05) is 11.8 Å². The summed E-state index contributed by atoms with van der Waals surface area (Å²) >= 11 is 0. The molecule has 26 heavy (non-hydrogen) atoms. The fraction of sp³-hybridized carbons (Fsp3) is 0.438. The topological polar surface area (TPSA) is 49.3 Å². The van der Waals surface area contributed by atoms with Gasteiger partial charge in [0, 0.05) is 18.4 Å². The van der Waals surface area contributed by atoms with E-state index in [1.54, 1.807) is 0 Å². The summed E-state index contributed by atoms with van der Waals surface area (Å²) in [5.41, 5.74) is -1.87. The molecule has 1 heterocycles. The molecule has 0 amide bonds. The van der Waals surface area contributed by atoms with Gasteiger partial charge in [-0.15, -0.1) is 0 Å². The Morgan fingerprint density at radius 2 is 1.50 bits per heavy atom. The highest BCUT2D eigenvalue weighted by molar-refractivity contribution is 5.73. The van der Waals surface area contributed by atoms with E-state index in [4.69, 9.17) is 9.90 Å². The van der Waals surface area contributed by atoms with Crippen LogP contribution in [0.25, 0.3) is 0 Å².